The normalized spacial score (nSPS) is 16.1. The highest BCUT2D eigenvalue weighted by Crippen LogP contribution is 2.36. The van der Waals surface area contributed by atoms with Gasteiger partial charge in [-0.05, 0) is 35.4 Å². The summed E-state index contributed by atoms with van der Waals surface area (Å²) in [6.07, 6.45) is -1.28. The van der Waals surface area contributed by atoms with Crippen LogP contribution in [0.2, 0.25) is 5.02 Å². The number of nitrogens with zero attached hydrogens (tertiary/aromatic N) is 1. The summed E-state index contributed by atoms with van der Waals surface area (Å²) in [5.74, 6) is 1.34. The molecule has 2 unspecified atom stereocenters. The van der Waals surface area contributed by atoms with Crippen molar-refractivity contribution in [3.63, 3.8) is 0 Å². The lowest BCUT2D eigenvalue weighted by atomic mass is 9.78. The molecule has 2 aromatic carbocycles. The monoisotopic (exact) mass is 527 g/mol. The van der Waals surface area contributed by atoms with Crippen LogP contribution in [0.25, 0.3) is 0 Å². The van der Waals surface area contributed by atoms with Crippen molar-refractivity contribution < 1.29 is 24.4 Å². The second kappa shape index (κ2) is 14.9. The number of aliphatic hydroxyl groups excluding tert-OH is 2. The molecule has 0 aromatic heterocycles. The van der Waals surface area contributed by atoms with Gasteiger partial charge in [0.25, 0.3) is 0 Å². The van der Waals surface area contributed by atoms with E-state index >= 15 is 0 Å². The van der Waals surface area contributed by atoms with Gasteiger partial charge in [-0.25, -0.2) is 0 Å². The van der Waals surface area contributed by atoms with Gasteiger partial charge in [0.15, 0.2) is 0 Å². The smallest absolute Gasteiger partial charge is 0.138 e. The van der Waals surface area contributed by atoms with Crippen LogP contribution in [0.5, 0.6) is 11.5 Å². The van der Waals surface area contributed by atoms with Crippen molar-refractivity contribution in [1.82, 2.24) is 4.90 Å². The SMILES string of the molecule is CC.CC(C)(c1ccc(OCC(O)CN2CCOCC2)cc1)c1ccc(OCC(O)CCl)c(Cl)c1. The van der Waals surface area contributed by atoms with Crippen LogP contribution >= 0.6 is 23.2 Å². The van der Waals surface area contributed by atoms with Gasteiger partial charge in [0.1, 0.15) is 36.9 Å². The number of rotatable bonds is 11. The average molecular weight is 529 g/mol. The summed E-state index contributed by atoms with van der Waals surface area (Å²) < 4.78 is 16.7. The van der Waals surface area contributed by atoms with Gasteiger partial charge in [0.2, 0.25) is 0 Å². The summed E-state index contributed by atoms with van der Waals surface area (Å²) in [5.41, 5.74) is 1.84. The molecule has 8 heteroatoms. The highest BCUT2D eigenvalue weighted by atomic mass is 35.5. The van der Waals surface area contributed by atoms with Crippen LogP contribution in [-0.4, -0.2) is 79.3 Å². The van der Waals surface area contributed by atoms with E-state index in [9.17, 15) is 10.2 Å². The molecule has 196 valence electrons. The summed E-state index contributed by atoms with van der Waals surface area (Å²) in [5, 5.41) is 20.3. The van der Waals surface area contributed by atoms with Crippen molar-refractivity contribution in [3.05, 3.63) is 58.6 Å². The molecule has 1 saturated heterocycles. The Labute approximate surface area is 219 Å². The number of hydrogen-bond acceptors (Lipinski definition) is 6. The quantitative estimate of drug-likeness (QED) is 0.411. The van der Waals surface area contributed by atoms with Gasteiger partial charge < -0.3 is 24.4 Å². The Hall–Kier alpha value is -1.54. The molecule has 1 heterocycles. The predicted molar refractivity (Wildman–Crippen MR) is 142 cm³/mol. The van der Waals surface area contributed by atoms with Crippen LogP contribution in [0.15, 0.2) is 42.5 Å². The van der Waals surface area contributed by atoms with E-state index in [1.54, 1.807) is 0 Å². The molecule has 0 saturated carbocycles. The minimum atomic E-state index is -0.736. The fourth-order valence-electron chi connectivity index (χ4n) is 3.70. The minimum absolute atomic E-state index is 0.0918. The van der Waals surface area contributed by atoms with E-state index in [1.165, 1.54) is 0 Å². The third-order valence-corrected chi connectivity index (χ3v) is 6.51. The minimum Gasteiger partial charge on any atom is -0.491 e. The molecule has 3 rings (SSSR count). The van der Waals surface area contributed by atoms with Crippen molar-refractivity contribution in [2.24, 2.45) is 0 Å². The fourth-order valence-corrected chi connectivity index (χ4v) is 4.02. The molecule has 0 bridgehead atoms. The number of morpholine rings is 1. The summed E-state index contributed by atoms with van der Waals surface area (Å²) in [7, 11) is 0. The molecule has 0 spiro atoms. The Balaban J connectivity index is 0.00000210. The summed E-state index contributed by atoms with van der Waals surface area (Å²) in [4.78, 5) is 2.19. The largest absolute Gasteiger partial charge is 0.491 e. The average Bonchev–Trinajstić information content (AvgIpc) is 2.88. The Morgan fingerprint density at radius 2 is 1.54 bits per heavy atom. The molecule has 1 fully saturated rings. The van der Waals surface area contributed by atoms with Gasteiger partial charge in [-0.1, -0.05) is 57.5 Å². The molecule has 0 radical (unpaired) electrons. The maximum atomic E-state index is 10.3. The van der Waals surface area contributed by atoms with Crippen molar-refractivity contribution >= 4 is 23.2 Å². The van der Waals surface area contributed by atoms with Gasteiger partial charge in [0.05, 0.1) is 24.1 Å². The second-order valence-electron chi connectivity index (χ2n) is 8.79. The van der Waals surface area contributed by atoms with Crippen LogP contribution in [0, 0.1) is 0 Å². The Kier molecular flexibility index (Phi) is 12.6. The Bertz CT molecular complexity index is 872. The number of ether oxygens (including phenoxy) is 3. The van der Waals surface area contributed by atoms with E-state index in [0.29, 0.717) is 30.5 Å². The Morgan fingerprint density at radius 3 is 2.14 bits per heavy atom. The number of halogens is 2. The first-order chi connectivity index (χ1) is 16.8. The van der Waals surface area contributed by atoms with Crippen molar-refractivity contribution in [2.75, 3.05) is 51.9 Å². The predicted octanol–water partition coefficient (Wildman–Crippen LogP) is 4.74. The van der Waals surface area contributed by atoms with Gasteiger partial charge in [-0.15, -0.1) is 11.6 Å². The molecule has 0 aliphatic carbocycles. The molecular weight excluding hydrogens is 489 g/mol. The number of benzene rings is 2. The molecular formula is C27H39Cl2NO5. The van der Waals surface area contributed by atoms with Crippen molar-refractivity contribution in [1.29, 1.82) is 0 Å². The summed E-state index contributed by atoms with van der Waals surface area (Å²) in [6, 6.07) is 13.6. The molecule has 2 aromatic rings. The topological polar surface area (TPSA) is 71.4 Å². The first-order valence-electron chi connectivity index (χ1n) is 12.2. The van der Waals surface area contributed by atoms with Crippen LogP contribution in [0.3, 0.4) is 0 Å². The van der Waals surface area contributed by atoms with Crippen molar-refractivity contribution in [2.45, 2.75) is 45.3 Å². The molecule has 35 heavy (non-hydrogen) atoms. The zero-order valence-corrected chi connectivity index (χ0v) is 22.7. The van der Waals surface area contributed by atoms with Crippen LogP contribution in [-0.2, 0) is 10.2 Å². The lowest BCUT2D eigenvalue weighted by Crippen LogP contribution is -2.42. The van der Waals surface area contributed by atoms with Crippen molar-refractivity contribution in [3.8, 4) is 11.5 Å². The van der Waals surface area contributed by atoms with Gasteiger partial charge >= 0.3 is 0 Å². The number of hydrogen-bond donors (Lipinski definition) is 2. The van der Waals surface area contributed by atoms with E-state index < -0.39 is 12.2 Å². The van der Waals surface area contributed by atoms with Gasteiger partial charge in [-0.3, -0.25) is 4.90 Å². The fraction of sp³-hybridized carbons (Fsp3) is 0.556. The third kappa shape index (κ3) is 9.12. The van der Waals surface area contributed by atoms with E-state index in [0.717, 1.165) is 30.0 Å². The van der Waals surface area contributed by atoms with Gasteiger partial charge in [-0.2, -0.15) is 0 Å². The zero-order chi connectivity index (χ0) is 25.8. The lowest BCUT2D eigenvalue weighted by Gasteiger charge is -2.28. The molecule has 6 nitrogen and oxygen atoms in total. The second-order valence-corrected chi connectivity index (χ2v) is 9.51. The molecule has 2 N–H and O–H groups in total. The third-order valence-electron chi connectivity index (χ3n) is 5.85. The van der Waals surface area contributed by atoms with Crippen LogP contribution in [0.1, 0.15) is 38.8 Å². The first-order valence-corrected chi connectivity index (χ1v) is 13.1. The van der Waals surface area contributed by atoms with Gasteiger partial charge in [0, 0.05) is 25.0 Å². The number of β-amino-alcohol motifs (C(OH)–C–C–N with tert-alkyl or cyclic N) is 1. The summed E-state index contributed by atoms with van der Waals surface area (Å²) >= 11 is 12.0. The molecule has 2 atom stereocenters. The maximum absolute atomic E-state index is 10.3. The first kappa shape index (κ1) is 29.7. The van der Waals surface area contributed by atoms with Crippen LogP contribution in [0.4, 0.5) is 0 Å². The number of aliphatic hydroxyl groups is 2. The van der Waals surface area contributed by atoms with Crippen LogP contribution < -0.4 is 9.47 Å². The lowest BCUT2D eigenvalue weighted by molar-refractivity contribution is 0.00465. The van der Waals surface area contributed by atoms with E-state index in [1.807, 2.05) is 56.3 Å². The molecule has 0 amide bonds. The summed E-state index contributed by atoms with van der Waals surface area (Å²) in [6.45, 7) is 12.3. The highest BCUT2D eigenvalue weighted by Gasteiger charge is 2.24. The highest BCUT2D eigenvalue weighted by molar-refractivity contribution is 6.32. The number of alkyl halides is 1. The maximum Gasteiger partial charge on any atom is 0.138 e. The Morgan fingerprint density at radius 1 is 0.943 bits per heavy atom. The molecule has 1 aliphatic rings. The van der Waals surface area contributed by atoms with E-state index in [-0.39, 0.29) is 24.5 Å². The molecule has 1 aliphatic heterocycles. The standard InChI is InChI=1S/C25H33Cl2NO5.C2H6/c1-25(2,19-5-8-24(23(27)13-19)33-16-20(29)14-26)18-3-6-22(7-4-18)32-17-21(30)15-28-9-11-31-12-10-28;1-2/h3-8,13,20-21,29-30H,9-12,14-17H2,1-2H3;1-2H3. The van der Waals surface area contributed by atoms with E-state index in [4.69, 9.17) is 37.4 Å². The van der Waals surface area contributed by atoms with E-state index in [2.05, 4.69) is 18.7 Å². The zero-order valence-electron chi connectivity index (χ0n) is 21.2.